The topological polar surface area (TPSA) is 93.0 Å². The monoisotopic (exact) mass is 440 g/mol. The minimum Gasteiger partial charge on any atom is -0.481 e. The molecule has 2 aromatic rings. The van der Waals surface area contributed by atoms with Crippen LogP contribution in [-0.4, -0.2) is 33.8 Å². The largest absolute Gasteiger partial charge is 0.481 e. The quantitative estimate of drug-likeness (QED) is 0.416. The molecule has 6 nitrogen and oxygen atoms in total. The molecule has 0 saturated heterocycles. The predicted octanol–water partition coefficient (Wildman–Crippen LogP) is 5.30. The number of rotatable bonds is 8. The molecule has 0 aliphatic carbocycles. The van der Waals surface area contributed by atoms with E-state index in [1.807, 2.05) is 42.5 Å². The highest BCUT2D eigenvalue weighted by molar-refractivity contribution is 8.25. The lowest BCUT2D eigenvalue weighted by Gasteiger charge is -2.41. The number of nitrogens with one attached hydrogen (secondary N) is 1. The summed E-state index contributed by atoms with van der Waals surface area (Å²) in [5, 5.41) is 12.3. The van der Waals surface area contributed by atoms with E-state index in [-0.39, 0.29) is 24.9 Å². The number of carboxylic acid groups (broad SMARTS) is 1. The molecule has 1 atom stereocenters. The van der Waals surface area contributed by atoms with Crippen LogP contribution >= 0.6 is 23.2 Å². The standard InChI is InChI=1S/C21H28N2O4S.ClH/c1-23-18-12-7-5-10-16(18)21(22-15-9-3-2-4-14-20(24)25)17-11-6-8-13-19(17)28(23,26)27;/h5-8,10-13,21-22,26-27H,2-4,9,14-15H2,1H3,(H,24,25);1H. The van der Waals surface area contributed by atoms with Crippen molar-refractivity contribution >= 4 is 34.8 Å². The third kappa shape index (κ3) is 5.24. The summed E-state index contributed by atoms with van der Waals surface area (Å²) in [6.07, 6.45) is 3.73. The van der Waals surface area contributed by atoms with Gasteiger partial charge in [0.05, 0.1) is 16.6 Å². The number of hydrogen-bond donors (Lipinski definition) is 4. The molecule has 0 aromatic heterocycles. The molecule has 1 aliphatic heterocycles. The van der Waals surface area contributed by atoms with Gasteiger partial charge in [-0.3, -0.25) is 18.2 Å². The van der Waals surface area contributed by atoms with Crippen molar-refractivity contribution in [3.05, 3.63) is 59.7 Å². The van der Waals surface area contributed by atoms with Gasteiger partial charge in [0.15, 0.2) is 0 Å². The lowest BCUT2D eigenvalue weighted by atomic mass is 9.96. The Morgan fingerprint density at radius 1 is 1.00 bits per heavy atom. The van der Waals surface area contributed by atoms with E-state index in [0.717, 1.165) is 42.6 Å². The van der Waals surface area contributed by atoms with Crippen molar-refractivity contribution in [1.82, 2.24) is 5.32 Å². The molecule has 0 saturated carbocycles. The number of carboxylic acids is 1. The van der Waals surface area contributed by atoms with Crippen LogP contribution in [0.15, 0.2) is 53.4 Å². The van der Waals surface area contributed by atoms with Gasteiger partial charge in [-0.2, -0.15) is 0 Å². The third-order valence-electron chi connectivity index (χ3n) is 5.16. The number of para-hydroxylation sites is 1. The molecule has 1 heterocycles. The second-order valence-electron chi connectivity index (χ2n) is 7.06. The zero-order chi connectivity index (χ0) is 20.1. The zero-order valence-corrected chi connectivity index (χ0v) is 18.1. The Labute approximate surface area is 179 Å². The lowest BCUT2D eigenvalue weighted by Crippen LogP contribution is -2.24. The summed E-state index contributed by atoms with van der Waals surface area (Å²) in [6, 6.07) is 15.1. The van der Waals surface area contributed by atoms with E-state index in [1.54, 1.807) is 17.4 Å². The summed E-state index contributed by atoms with van der Waals surface area (Å²) in [7, 11) is -1.40. The molecule has 0 fully saturated rings. The summed E-state index contributed by atoms with van der Waals surface area (Å²) >= 11 is 0. The van der Waals surface area contributed by atoms with Crippen LogP contribution in [0.5, 0.6) is 0 Å². The maximum absolute atomic E-state index is 10.9. The Morgan fingerprint density at radius 2 is 1.62 bits per heavy atom. The van der Waals surface area contributed by atoms with Crippen molar-refractivity contribution < 1.29 is 19.0 Å². The van der Waals surface area contributed by atoms with E-state index in [4.69, 9.17) is 5.11 Å². The first kappa shape index (κ1) is 23.5. The number of halogens is 1. The molecule has 0 bridgehead atoms. The molecule has 4 N–H and O–H groups in total. The van der Waals surface area contributed by atoms with Crippen LogP contribution in [-0.2, 0) is 4.79 Å². The Morgan fingerprint density at radius 3 is 2.34 bits per heavy atom. The number of hydrogen-bond acceptors (Lipinski definition) is 5. The summed E-state index contributed by atoms with van der Waals surface area (Å²) in [4.78, 5) is 11.1. The number of carbonyl (C=O) groups is 1. The molecule has 0 radical (unpaired) electrons. The van der Waals surface area contributed by atoms with E-state index in [2.05, 4.69) is 5.32 Å². The van der Waals surface area contributed by atoms with Gasteiger partial charge in [0.1, 0.15) is 0 Å². The molecule has 0 spiro atoms. The Balaban J connectivity index is 0.00000300. The minimum atomic E-state index is -3.12. The average Bonchev–Trinajstić information content (AvgIpc) is 2.75. The molecular formula is C21H29ClN2O4S. The zero-order valence-electron chi connectivity index (χ0n) is 16.5. The average molecular weight is 441 g/mol. The van der Waals surface area contributed by atoms with Crippen LogP contribution in [0.25, 0.3) is 0 Å². The molecule has 160 valence electrons. The van der Waals surface area contributed by atoms with Crippen molar-refractivity contribution in [3.63, 3.8) is 0 Å². The van der Waals surface area contributed by atoms with Crippen molar-refractivity contribution in [2.45, 2.75) is 43.0 Å². The smallest absolute Gasteiger partial charge is 0.303 e. The Kier molecular flexibility index (Phi) is 8.36. The highest BCUT2D eigenvalue weighted by atomic mass is 35.5. The van der Waals surface area contributed by atoms with Crippen molar-refractivity contribution in [1.29, 1.82) is 0 Å². The summed E-state index contributed by atoms with van der Waals surface area (Å²) in [6.45, 7) is 0.767. The number of aliphatic carboxylic acids is 1. The molecular weight excluding hydrogens is 412 g/mol. The van der Waals surface area contributed by atoms with E-state index in [1.165, 1.54) is 0 Å². The summed E-state index contributed by atoms with van der Waals surface area (Å²) < 4.78 is 23.5. The van der Waals surface area contributed by atoms with E-state index in [9.17, 15) is 13.9 Å². The van der Waals surface area contributed by atoms with Gasteiger partial charge >= 0.3 is 5.97 Å². The second kappa shape index (κ2) is 10.3. The first-order valence-electron chi connectivity index (χ1n) is 9.58. The molecule has 3 rings (SSSR count). The fourth-order valence-electron chi connectivity index (χ4n) is 3.66. The Hall–Kier alpha value is -1.77. The molecule has 1 aliphatic rings. The lowest BCUT2D eigenvalue weighted by molar-refractivity contribution is -0.137. The molecule has 29 heavy (non-hydrogen) atoms. The van der Waals surface area contributed by atoms with Gasteiger partial charge in [0, 0.05) is 13.5 Å². The maximum Gasteiger partial charge on any atom is 0.303 e. The summed E-state index contributed by atoms with van der Waals surface area (Å²) in [5.74, 6) is -0.743. The van der Waals surface area contributed by atoms with Gasteiger partial charge in [-0.15, -0.1) is 12.4 Å². The Bertz CT molecular complexity index is 834. The number of nitrogens with zero attached hydrogens (tertiary/aromatic N) is 1. The van der Waals surface area contributed by atoms with Crippen LogP contribution in [0.3, 0.4) is 0 Å². The number of fused-ring (bicyclic) bond motifs is 2. The molecule has 0 amide bonds. The highest BCUT2D eigenvalue weighted by Crippen LogP contribution is 2.58. The fraction of sp³-hybridized carbons (Fsp3) is 0.381. The van der Waals surface area contributed by atoms with Crippen molar-refractivity contribution in [2.75, 3.05) is 17.9 Å². The first-order valence-corrected chi connectivity index (χ1v) is 11.1. The van der Waals surface area contributed by atoms with Crippen molar-refractivity contribution in [2.24, 2.45) is 0 Å². The van der Waals surface area contributed by atoms with Gasteiger partial charge in [0.2, 0.25) is 0 Å². The van der Waals surface area contributed by atoms with Gasteiger partial charge in [-0.05, 0) is 42.6 Å². The molecule has 8 heteroatoms. The van der Waals surface area contributed by atoms with Gasteiger partial charge < -0.3 is 10.4 Å². The van der Waals surface area contributed by atoms with E-state index >= 15 is 0 Å². The summed E-state index contributed by atoms with van der Waals surface area (Å²) in [5.41, 5.74) is 2.70. The van der Waals surface area contributed by atoms with Gasteiger partial charge in [-0.1, -0.05) is 60.0 Å². The third-order valence-corrected chi connectivity index (χ3v) is 7.08. The van der Waals surface area contributed by atoms with Gasteiger partial charge in [-0.25, -0.2) is 0 Å². The van der Waals surface area contributed by atoms with Crippen LogP contribution in [0.2, 0.25) is 0 Å². The van der Waals surface area contributed by atoms with E-state index in [0.29, 0.717) is 11.3 Å². The number of anilines is 1. The number of unbranched alkanes of at least 4 members (excludes halogenated alkanes) is 3. The van der Waals surface area contributed by atoms with E-state index < -0.39 is 16.7 Å². The maximum atomic E-state index is 10.9. The highest BCUT2D eigenvalue weighted by Gasteiger charge is 2.34. The van der Waals surface area contributed by atoms with Crippen LogP contribution in [0, 0.1) is 0 Å². The second-order valence-corrected chi connectivity index (χ2v) is 9.08. The van der Waals surface area contributed by atoms with Crippen LogP contribution in [0.1, 0.15) is 49.3 Å². The predicted molar refractivity (Wildman–Crippen MR) is 120 cm³/mol. The van der Waals surface area contributed by atoms with Crippen molar-refractivity contribution in [3.8, 4) is 0 Å². The SMILES string of the molecule is CN1c2ccccc2C(NCCCCCCC(=O)O)c2ccccc2S1(O)O.Cl. The minimum absolute atomic E-state index is 0. The van der Waals surface area contributed by atoms with Crippen LogP contribution in [0.4, 0.5) is 5.69 Å². The molecule has 1 unspecified atom stereocenters. The normalized spacial score (nSPS) is 18.0. The number of benzene rings is 2. The fourth-order valence-corrected chi connectivity index (χ4v) is 5.16. The first-order chi connectivity index (χ1) is 13.4. The van der Waals surface area contributed by atoms with Gasteiger partial charge in [0.25, 0.3) is 0 Å². The molecule has 2 aromatic carbocycles. The van der Waals surface area contributed by atoms with Crippen LogP contribution < -0.4 is 9.62 Å².